The summed E-state index contributed by atoms with van der Waals surface area (Å²) in [5.74, 6) is 0. The predicted molar refractivity (Wildman–Crippen MR) is 48.5 cm³/mol. The molecule has 0 aromatic rings. The Morgan fingerprint density at radius 2 is 2.18 bits per heavy atom. The molecule has 0 heterocycles. The second-order valence-electron chi connectivity index (χ2n) is 3.67. The van der Waals surface area contributed by atoms with Crippen LogP contribution in [0.4, 0.5) is 0 Å². The van der Waals surface area contributed by atoms with Crippen molar-refractivity contribution in [3.63, 3.8) is 0 Å². The Balaban J connectivity index is 2.00. The molecule has 0 aromatic carbocycles. The van der Waals surface area contributed by atoms with Gasteiger partial charge in [-0.3, -0.25) is 0 Å². The monoisotopic (exact) mass is 156 g/mol. The summed E-state index contributed by atoms with van der Waals surface area (Å²) >= 11 is 0. The summed E-state index contributed by atoms with van der Waals surface area (Å²) in [6, 6.07) is 1.30. The maximum absolute atomic E-state index is 5.82. The van der Waals surface area contributed by atoms with Crippen molar-refractivity contribution >= 4 is 0 Å². The zero-order chi connectivity index (χ0) is 8.27. The van der Waals surface area contributed by atoms with Crippen molar-refractivity contribution < 1.29 is 0 Å². The molecular weight excluding hydrogens is 136 g/mol. The molecule has 11 heavy (non-hydrogen) atoms. The minimum Gasteiger partial charge on any atom is -0.328 e. The highest BCUT2D eigenvalue weighted by Gasteiger charge is 2.25. The molecule has 1 aliphatic carbocycles. The number of hydrogen-bond donors (Lipinski definition) is 1. The van der Waals surface area contributed by atoms with Gasteiger partial charge in [0.25, 0.3) is 0 Å². The fraction of sp³-hybridized carbons (Fsp3) is 1.00. The van der Waals surface area contributed by atoms with Crippen molar-refractivity contribution in [1.29, 1.82) is 0 Å². The normalized spacial score (nSPS) is 20.7. The van der Waals surface area contributed by atoms with E-state index in [0.29, 0.717) is 6.04 Å². The molecule has 0 spiro atoms. The summed E-state index contributed by atoms with van der Waals surface area (Å²) in [6.07, 6.45) is 5.07. The summed E-state index contributed by atoms with van der Waals surface area (Å²) in [6.45, 7) is 3.33. The van der Waals surface area contributed by atoms with Crippen LogP contribution in [-0.2, 0) is 0 Å². The molecule has 1 unspecified atom stereocenters. The largest absolute Gasteiger partial charge is 0.328 e. The van der Waals surface area contributed by atoms with E-state index in [1.54, 1.807) is 0 Å². The molecule has 0 saturated heterocycles. The van der Waals surface area contributed by atoms with E-state index in [2.05, 4.69) is 18.9 Å². The summed E-state index contributed by atoms with van der Waals surface area (Å²) in [5, 5.41) is 0. The number of nitrogens with two attached hydrogens (primary N) is 1. The first kappa shape index (κ1) is 9.01. The van der Waals surface area contributed by atoms with Crippen LogP contribution in [0, 0.1) is 0 Å². The van der Waals surface area contributed by atoms with Gasteiger partial charge in [-0.2, -0.15) is 0 Å². The van der Waals surface area contributed by atoms with Gasteiger partial charge in [-0.25, -0.2) is 0 Å². The molecule has 66 valence electrons. The second-order valence-corrected chi connectivity index (χ2v) is 3.67. The van der Waals surface area contributed by atoms with Crippen LogP contribution in [0.15, 0.2) is 0 Å². The van der Waals surface area contributed by atoms with E-state index < -0.39 is 0 Å². The third-order valence-corrected chi connectivity index (χ3v) is 2.55. The van der Waals surface area contributed by atoms with Gasteiger partial charge < -0.3 is 10.6 Å². The molecule has 1 atom stereocenters. The predicted octanol–water partition coefficient (Wildman–Crippen LogP) is 1.21. The maximum Gasteiger partial charge on any atom is 0.00933 e. The molecule has 2 heteroatoms. The van der Waals surface area contributed by atoms with Gasteiger partial charge in [0.05, 0.1) is 0 Å². The summed E-state index contributed by atoms with van der Waals surface area (Å²) in [7, 11) is 2.21. The van der Waals surface area contributed by atoms with Crippen molar-refractivity contribution in [1.82, 2.24) is 4.90 Å². The average Bonchev–Trinajstić information content (AvgIpc) is 2.81. The van der Waals surface area contributed by atoms with Gasteiger partial charge >= 0.3 is 0 Å². The molecule has 0 aromatic heterocycles. The van der Waals surface area contributed by atoms with Gasteiger partial charge in [-0.1, -0.05) is 6.92 Å². The van der Waals surface area contributed by atoms with Crippen molar-refractivity contribution in [3.8, 4) is 0 Å². The lowest BCUT2D eigenvalue weighted by molar-refractivity contribution is 0.307. The fourth-order valence-electron chi connectivity index (χ4n) is 1.27. The van der Waals surface area contributed by atoms with Crippen molar-refractivity contribution in [2.45, 2.75) is 44.7 Å². The van der Waals surface area contributed by atoms with E-state index in [0.717, 1.165) is 18.9 Å². The van der Waals surface area contributed by atoms with Gasteiger partial charge in [-0.15, -0.1) is 0 Å². The lowest BCUT2D eigenvalue weighted by Gasteiger charge is -2.17. The third-order valence-electron chi connectivity index (χ3n) is 2.55. The van der Waals surface area contributed by atoms with Crippen LogP contribution in [0.25, 0.3) is 0 Å². The molecule has 0 amide bonds. The first-order valence-corrected chi connectivity index (χ1v) is 4.70. The molecule has 0 aliphatic heterocycles. The molecule has 1 aliphatic rings. The van der Waals surface area contributed by atoms with Crippen LogP contribution < -0.4 is 5.73 Å². The Labute approximate surface area is 69.8 Å². The Kier molecular flexibility index (Phi) is 3.34. The second kappa shape index (κ2) is 4.07. The third kappa shape index (κ3) is 3.21. The smallest absolute Gasteiger partial charge is 0.00933 e. The number of nitrogens with zero attached hydrogens (tertiary/aromatic N) is 1. The highest BCUT2D eigenvalue weighted by atomic mass is 15.1. The molecule has 0 radical (unpaired) electrons. The van der Waals surface area contributed by atoms with E-state index in [4.69, 9.17) is 5.73 Å². The van der Waals surface area contributed by atoms with E-state index in [1.807, 2.05) is 0 Å². The molecule has 2 N–H and O–H groups in total. The molecule has 1 fully saturated rings. The Morgan fingerprint density at radius 1 is 1.55 bits per heavy atom. The maximum atomic E-state index is 5.82. The van der Waals surface area contributed by atoms with Crippen molar-refractivity contribution in [3.05, 3.63) is 0 Å². The Hall–Kier alpha value is -0.0800. The standard InChI is InChI=1S/C9H20N2/c1-3-8(10)6-7-11(2)9-4-5-9/h8-9H,3-7,10H2,1-2H3. The Morgan fingerprint density at radius 3 is 2.64 bits per heavy atom. The minimum absolute atomic E-state index is 0.413. The zero-order valence-corrected chi connectivity index (χ0v) is 7.71. The van der Waals surface area contributed by atoms with Crippen LogP contribution in [0.2, 0.25) is 0 Å². The molecule has 2 nitrogen and oxygen atoms in total. The summed E-state index contributed by atoms with van der Waals surface area (Å²) < 4.78 is 0. The van der Waals surface area contributed by atoms with Crippen LogP contribution in [0.1, 0.15) is 32.6 Å². The first-order chi connectivity index (χ1) is 5.24. The van der Waals surface area contributed by atoms with Gasteiger partial charge in [0.15, 0.2) is 0 Å². The molecule has 0 bridgehead atoms. The van der Waals surface area contributed by atoms with Crippen LogP contribution in [0.5, 0.6) is 0 Å². The van der Waals surface area contributed by atoms with E-state index in [1.165, 1.54) is 19.4 Å². The lowest BCUT2D eigenvalue weighted by Crippen LogP contribution is -2.28. The van der Waals surface area contributed by atoms with Crippen LogP contribution in [0.3, 0.4) is 0 Å². The molecule has 1 rings (SSSR count). The van der Waals surface area contributed by atoms with Gasteiger partial charge in [0.1, 0.15) is 0 Å². The molecular formula is C9H20N2. The number of rotatable bonds is 5. The highest BCUT2D eigenvalue weighted by molar-refractivity contribution is 4.82. The zero-order valence-electron chi connectivity index (χ0n) is 7.71. The minimum atomic E-state index is 0.413. The summed E-state index contributed by atoms with van der Waals surface area (Å²) in [5.41, 5.74) is 5.82. The summed E-state index contributed by atoms with van der Waals surface area (Å²) in [4.78, 5) is 2.44. The fourth-order valence-corrected chi connectivity index (χ4v) is 1.27. The highest BCUT2D eigenvalue weighted by Crippen LogP contribution is 2.25. The van der Waals surface area contributed by atoms with Crippen molar-refractivity contribution in [2.24, 2.45) is 5.73 Å². The van der Waals surface area contributed by atoms with E-state index >= 15 is 0 Å². The first-order valence-electron chi connectivity index (χ1n) is 4.70. The van der Waals surface area contributed by atoms with Crippen LogP contribution >= 0.6 is 0 Å². The average molecular weight is 156 g/mol. The Bertz CT molecular complexity index is 110. The number of hydrogen-bond acceptors (Lipinski definition) is 2. The quantitative estimate of drug-likeness (QED) is 0.648. The molecule has 1 saturated carbocycles. The van der Waals surface area contributed by atoms with E-state index in [9.17, 15) is 0 Å². The van der Waals surface area contributed by atoms with Crippen LogP contribution in [-0.4, -0.2) is 30.6 Å². The van der Waals surface area contributed by atoms with Gasteiger partial charge in [0.2, 0.25) is 0 Å². The lowest BCUT2D eigenvalue weighted by atomic mass is 10.1. The van der Waals surface area contributed by atoms with Gasteiger partial charge in [-0.05, 0) is 39.3 Å². The van der Waals surface area contributed by atoms with E-state index in [-0.39, 0.29) is 0 Å². The van der Waals surface area contributed by atoms with Crippen molar-refractivity contribution in [2.75, 3.05) is 13.6 Å². The topological polar surface area (TPSA) is 29.3 Å². The van der Waals surface area contributed by atoms with Gasteiger partial charge in [0, 0.05) is 12.1 Å². The SMILES string of the molecule is CCC(N)CCN(C)C1CC1.